The van der Waals surface area contributed by atoms with Gasteiger partial charge in [0.1, 0.15) is 5.92 Å². The van der Waals surface area contributed by atoms with Crippen molar-refractivity contribution < 1.29 is 9.18 Å². The maximum absolute atomic E-state index is 14.9. The number of allylic oxidation sites excluding steroid dienone is 2. The van der Waals surface area contributed by atoms with Crippen LogP contribution in [0.15, 0.2) is 42.5 Å². The molecule has 0 radical (unpaired) electrons. The fourth-order valence-corrected chi connectivity index (χ4v) is 2.66. The third kappa shape index (κ3) is 2.97. The molecule has 1 aliphatic carbocycles. The van der Waals surface area contributed by atoms with Gasteiger partial charge >= 0.3 is 0 Å². The van der Waals surface area contributed by atoms with Crippen molar-refractivity contribution in [2.45, 2.75) is 12.7 Å². The van der Waals surface area contributed by atoms with Crippen LogP contribution in [-0.4, -0.2) is 11.7 Å². The molecule has 0 fully saturated rings. The van der Waals surface area contributed by atoms with Gasteiger partial charge < -0.3 is 11.1 Å². The number of hydrogen-bond donors (Lipinski definition) is 2. The van der Waals surface area contributed by atoms with Crippen molar-refractivity contribution in [3.63, 3.8) is 0 Å². The Kier molecular flexibility index (Phi) is 3.93. The van der Waals surface area contributed by atoms with Gasteiger partial charge in [-0.1, -0.05) is 18.2 Å². The highest BCUT2D eigenvalue weighted by molar-refractivity contribution is 14.1. The molecular weight excluding hydrogens is 358 g/mol. The van der Waals surface area contributed by atoms with E-state index in [0.717, 1.165) is 9.13 Å². The SMILES string of the molecule is Cc1cc(I)ccc1NC1(F)C=CC=CC1C(N)=O. The van der Waals surface area contributed by atoms with Gasteiger partial charge in [-0.15, -0.1) is 0 Å². The van der Waals surface area contributed by atoms with E-state index in [-0.39, 0.29) is 0 Å². The number of nitrogens with two attached hydrogens (primary N) is 1. The molecule has 0 bridgehead atoms. The number of primary amides is 1. The number of benzene rings is 1. The molecule has 0 spiro atoms. The zero-order chi connectivity index (χ0) is 14.0. The van der Waals surface area contributed by atoms with Crippen molar-refractivity contribution in [1.29, 1.82) is 0 Å². The molecule has 2 unspecified atom stereocenters. The molecular formula is C14H14FIN2O. The second-order valence-electron chi connectivity index (χ2n) is 4.48. The third-order valence-electron chi connectivity index (χ3n) is 3.03. The summed E-state index contributed by atoms with van der Waals surface area (Å²) in [4.78, 5) is 11.4. The van der Waals surface area contributed by atoms with Gasteiger partial charge in [0.15, 0.2) is 0 Å². The Balaban J connectivity index is 2.32. The van der Waals surface area contributed by atoms with Crippen molar-refractivity contribution in [3.8, 4) is 0 Å². The van der Waals surface area contributed by atoms with Gasteiger partial charge in [0.25, 0.3) is 0 Å². The molecule has 3 N–H and O–H groups in total. The summed E-state index contributed by atoms with van der Waals surface area (Å²) in [5, 5.41) is 2.78. The molecule has 3 nitrogen and oxygen atoms in total. The molecule has 0 saturated carbocycles. The Bertz CT molecular complexity index is 571. The number of carbonyl (C=O) groups is 1. The van der Waals surface area contributed by atoms with Crippen LogP contribution in [0.25, 0.3) is 0 Å². The summed E-state index contributed by atoms with van der Waals surface area (Å²) in [7, 11) is 0. The first-order valence-corrected chi connectivity index (χ1v) is 6.89. The lowest BCUT2D eigenvalue weighted by Gasteiger charge is -2.31. The van der Waals surface area contributed by atoms with Gasteiger partial charge in [-0.3, -0.25) is 4.79 Å². The average Bonchev–Trinajstić information content (AvgIpc) is 2.33. The summed E-state index contributed by atoms with van der Waals surface area (Å²) in [5.74, 6) is -3.70. The molecule has 5 heteroatoms. The van der Waals surface area contributed by atoms with Crippen LogP contribution in [0.5, 0.6) is 0 Å². The normalized spacial score (nSPS) is 25.3. The van der Waals surface area contributed by atoms with Gasteiger partial charge in [-0.05, 0) is 59.4 Å². The van der Waals surface area contributed by atoms with Crippen molar-refractivity contribution in [2.75, 3.05) is 5.32 Å². The average molecular weight is 372 g/mol. The molecule has 1 amide bonds. The van der Waals surface area contributed by atoms with E-state index in [9.17, 15) is 9.18 Å². The molecule has 1 aliphatic rings. The van der Waals surface area contributed by atoms with E-state index in [4.69, 9.17) is 5.73 Å². The first-order valence-electron chi connectivity index (χ1n) is 5.81. The van der Waals surface area contributed by atoms with Gasteiger partial charge in [0.05, 0.1) is 0 Å². The number of alkyl halides is 1. The van der Waals surface area contributed by atoms with Crippen LogP contribution in [0.1, 0.15) is 5.56 Å². The minimum atomic E-state index is -1.99. The topological polar surface area (TPSA) is 55.1 Å². The van der Waals surface area contributed by atoms with Crippen molar-refractivity contribution >= 4 is 34.2 Å². The lowest BCUT2D eigenvalue weighted by atomic mass is 9.91. The Morgan fingerprint density at radius 1 is 1.47 bits per heavy atom. The Morgan fingerprint density at radius 2 is 2.21 bits per heavy atom. The smallest absolute Gasteiger partial charge is 0.229 e. The van der Waals surface area contributed by atoms with Crippen molar-refractivity contribution in [2.24, 2.45) is 11.7 Å². The Labute approximate surface area is 124 Å². The minimum Gasteiger partial charge on any atom is -0.369 e. The maximum atomic E-state index is 14.9. The highest BCUT2D eigenvalue weighted by Gasteiger charge is 2.40. The van der Waals surface area contributed by atoms with E-state index < -0.39 is 17.6 Å². The fourth-order valence-electron chi connectivity index (χ4n) is 2.01. The molecule has 2 atom stereocenters. The zero-order valence-corrected chi connectivity index (χ0v) is 12.5. The molecule has 0 aliphatic heterocycles. The number of rotatable bonds is 3. The third-order valence-corrected chi connectivity index (χ3v) is 3.70. The molecule has 1 aromatic carbocycles. The summed E-state index contributed by atoms with van der Waals surface area (Å²) in [6, 6.07) is 5.61. The monoisotopic (exact) mass is 372 g/mol. The molecule has 1 aromatic rings. The van der Waals surface area contributed by atoms with Crippen LogP contribution in [0.2, 0.25) is 0 Å². The van der Waals surface area contributed by atoms with E-state index in [1.807, 2.05) is 19.1 Å². The number of halogens is 2. The highest BCUT2D eigenvalue weighted by Crippen LogP contribution is 2.32. The van der Waals surface area contributed by atoms with Gasteiger partial charge in [0, 0.05) is 9.26 Å². The van der Waals surface area contributed by atoms with E-state index in [0.29, 0.717) is 5.69 Å². The van der Waals surface area contributed by atoms with Gasteiger partial charge in [-0.2, -0.15) is 0 Å². The largest absolute Gasteiger partial charge is 0.369 e. The van der Waals surface area contributed by atoms with Crippen LogP contribution < -0.4 is 11.1 Å². The second kappa shape index (κ2) is 5.32. The van der Waals surface area contributed by atoms with Crippen LogP contribution >= 0.6 is 22.6 Å². The first-order chi connectivity index (χ1) is 8.92. The molecule has 0 aromatic heterocycles. The van der Waals surface area contributed by atoms with Crippen LogP contribution in [-0.2, 0) is 4.79 Å². The molecule has 2 rings (SSSR count). The maximum Gasteiger partial charge on any atom is 0.229 e. The number of hydrogen-bond acceptors (Lipinski definition) is 2. The summed E-state index contributed by atoms with van der Waals surface area (Å²) < 4.78 is 16.0. The molecule has 100 valence electrons. The van der Waals surface area contributed by atoms with E-state index >= 15 is 0 Å². The predicted molar refractivity (Wildman–Crippen MR) is 82.3 cm³/mol. The number of nitrogens with one attached hydrogen (secondary N) is 1. The first kappa shape index (κ1) is 14.0. The van der Waals surface area contributed by atoms with E-state index in [2.05, 4.69) is 27.9 Å². The number of aryl methyl sites for hydroxylation is 1. The highest BCUT2D eigenvalue weighted by atomic mass is 127. The van der Waals surface area contributed by atoms with Crippen molar-refractivity contribution in [1.82, 2.24) is 0 Å². The van der Waals surface area contributed by atoms with Crippen LogP contribution in [0.4, 0.5) is 10.1 Å². The summed E-state index contributed by atoms with van der Waals surface area (Å²) in [5.41, 5.74) is 6.81. The molecule has 19 heavy (non-hydrogen) atoms. The lowest BCUT2D eigenvalue weighted by Crippen LogP contribution is -2.46. The summed E-state index contributed by atoms with van der Waals surface area (Å²) in [6.45, 7) is 1.88. The summed E-state index contributed by atoms with van der Waals surface area (Å²) >= 11 is 2.19. The predicted octanol–water partition coefficient (Wildman–Crippen LogP) is 2.90. The minimum absolute atomic E-state index is 0.647. The van der Waals surface area contributed by atoms with E-state index in [1.54, 1.807) is 18.2 Å². The Hall–Kier alpha value is -1.37. The number of anilines is 1. The van der Waals surface area contributed by atoms with Gasteiger partial charge in [-0.25, -0.2) is 4.39 Å². The zero-order valence-electron chi connectivity index (χ0n) is 10.4. The number of amides is 1. The Morgan fingerprint density at radius 3 is 2.84 bits per heavy atom. The van der Waals surface area contributed by atoms with Gasteiger partial charge in [0.2, 0.25) is 11.7 Å². The molecule has 0 heterocycles. The van der Waals surface area contributed by atoms with Crippen LogP contribution in [0.3, 0.4) is 0 Å². The lowest BCUT2D eigenvalue weighted by molar-refractivity contribution is -0.123. The van der Waals surface area contributed by atoms with E-state index in [1.165, 1.54) is 12.2 Å². The number of carbonyl (C=O) groups excluding carboxylic acids is 1. The fraction of sp³-hybridized carbons (Fsp3) is 0.214. The molecule has 0 saturated heterocycles. The second-order valence-corrected chi connectivity index (χ2v) is 5.72. The van der Waals surface area contributed by atoms with Crippen molar-refractivity contribution in [3.05, 3.63) is 51.6 Å². The van der Waals surface area contributed by atoms with Crippen LogP contribution in [0, 0.1) is 16.4 Å². The quantitative estimate of drug-likeness (QED) is 0.633. The summed E-state index contributed by atoms with van der Waals surface area (Å²) in [6.07, 6.45) is 5.97. The standard InChI is InChI=1S/C14H14FIN2O/c1-9-8-10(16)5-6-12(9)18-14(15)7-3-2-4-11(14)13(17)19/h2-8,11,18H,1H3,(H2,17,19).